The van der Waals surface area contributed by atoms with Gasteiger partial charge in [0.2, 0.25) is 0 Å². The van der Waals surface area contributed by atoms with Gasteiger partial charge in [-0.3, -0.25) is 4.79 Å². The van der Waals surface area contributed by atoms with Crippen LogP contribution in [-0.2, 0) is 11.2 Å². The molecular formula is C18H17NO4. The Bertz CT molecular complexity index is 727. The summed E-state index contributed by atoms with van der Waals surface area (Å²) < 4.78 is 5.38. The monoisotopic (exact) mass is 311 g/mol. The van der Waals surface area contributed by atoms with E-state index in [0.717, 1.165) is 12.8 Å². The van der Waals surface area contributed by atoms with E-state index in [9.17, 15) is 9.59 Å². The highest BCUT2D eigenvalue weighted by Gasteiger charge is 2.26. The van der Waals surface area contributed by atoms with E-state index in [0.29, 0.717) is 18.0 Å². The fraction of sp³-hybridized carbons (Fsp3) is 0.222. The number of hydrogen-bond acceptors (Lipinski definition) is 3. The summed E-state index contributed by atoms with van der Waals surface area (Å²) in [5.41, 5.74) is 1.90. The minimum Gasteiger partial charge on any atom is -0.482 e. The minimum atomic E-state index is -1.02. The summed E-state index contributed by atoms with van der Waals surface area (Å²) in [6.07, 6.45) is 1.66. The SMILES string of the molecule is O=C(O)c1ccc2c(c1)N(CCCc1ccccc1)C(=O)CO2. The molecule has 0 aliphatic carbocycles. The Balaban J connectivity index is 1.75. The number of ether oxygens (including phenoxy) is 1. The maximum Gasteiger partial charge on any atom is 0.335 e. The summed E-state index contributed by atoms with van der Waals surface area (Å²) >= 11 is 0. The standard InChI is InChI=1S/C18H17NO4/c20-17-12-23-16-9-8-14(18(21)22)11-15(16)19(17)10-4-7-13-5-2-1-3-6-13/h1-3,5-6,8-9,11H,4,7,10,12H2,(H,21,22). The van der Waals surface area contributed by atoms with E-state index in [4.69, 9.17) is 9.84 Å². The summed E-state index contributed by atoms with van der Waals surface area (Å²) in [4.78, 5) is 24.9. The second-order valence-corrected chi connectivity index (χ2v) is 5.41. The first-order chi connectivity index (χ1) is 11.1. The van der Waals surface area contributed by atoms with Gasteiger partial charge < -0.3 is 14.7 Å². The Hall–Kier alpha value is -2.82. The normalized spacial score (nSPS) is 13.4. The van der Waals surface area contributed by atoms with Gasteiger partial charge in [0, 0.05) is 6.54 Å². The molecule has 1 aliphatic heterocycles. The highest BCUT2D eigenvalue weighted by molar-refractivity contribution is 5.99. The lowest BCUT2D eigenvalue weighted by molar-refractivity contribution is -0.121. The van der Waals surface area contributed by atoms with Crippen LogP contribution in [0.5, 0.6) is 5.75 Å². The summed E-state index contributed by atoms with van der Waals surface area (Å²) in [5.74, 6) is -0.613. The van der Waals surface area contributed by atoms with E-state index in [1.165, 1.54) is 17.7 Å². The molecule has 2 aromatic carbocycles. The molecule has 5 heteroatoms. The molecule has 1 heterocycles. The molecule has 0 radical (unpaired) electrons. The highest BCUT2D eigenvalue weighted by atomic mass is 16.5. The molecule has 0 aromatic heterocycles. The molecular weight excluding hydrogens is 294 g/mol. The molecule has 3 rings (SSSR count). The first kappa shape index (κ1) is 15.1. The number of anilines is 1. The lowest BCUT2D eigenvalue weighted by Gasteiger charge is -2.29. The van der Waals surface area contributed by atoms with Crippen LogP contribution in [0.3, 0.4) is 0 Å². The number of aryl methyl sites for hydroxylation is 1. The van der Waals surface area contributed by atoms with Crippen molar-refractivity contribution in [3.8, 4) is 5.75 Å². The summed E-state index contributed by atoms with van der Waals surface area (Å²) in [6.45, 7) is 0.526. The summed E-state index contributed by atoms with van der Waals surface area (Å²) in [7, 11) is 0. The molecule has 1 aliphatic rings. The summed E-state index contributed by atoms with van der Waals surface area (Å²) in [6, 6.07) is 14.6. The maximum absolute atomic E-state index is 12.1. The van der Waals surface area contributed by atoms with Gasteiger partial charge in [0.1, 0.15) is 5.75 Å². The van der Waals surface area contributed by atoms with E-state index in [1.54, 1.807) is 11.0 Å². The number of amides is 1. The minimum absolute atomic E-state index is 0.00917. The number of rotatable bonds is 5. The van der Waals surface area contributed by atoms with Gasteiger partial charge in [-0.1, -0.05) is 30.3 Å². The molecule has 0 atom stereocenters. The number of carboxylic acid groups (broad SMARTS) is 1. The van der Waals surface area contributed by atoms with Gasteiger partial charge in [0.05, 0.1) is 11.3 Å². The Morgan fingerprint density at radius 2 is 1.96 bits per heavy atom. The van der Waals surface area contributed by atoms with Crippen LogP contribution < -0.4 is 9.64 Å². The van der Waals surface area contributed by atoms with Crippen LogP contribution in [0.25, 0.3) is 0 Å². The van der Waals surface area contributed by atoms with Crippen LogP contribution in [0.4, 0.5) is 5.69 Å². The van der Waals surface area contributed by atoms with Gasteiger partial charge in [-0.2, -0.15) is 0 Å². The van der Waals surface area contributed by atoms with Crippen molar-refractivity contribution >= 4 is 17.6 Å². The Labute approximate surface area is 134 Å². The molecule has 1 N–H and O–H groups in total. The molecule has 1 amide bonds. The van der Waals surface area contributed by atoms with Gasteiger partial charge in [0.15, 0.2) is 6.61 Å². The van der Waals surface area contributed by atoms with Crippen molar-refractivity contribution in [3.63, 3.8) is 0 Å². The van der Waals surface area contributed by atoms with Gasteiger partial charge >= 0.3 is 5.97 Å². The third-order valence-electron chi connectivity index (χ3n) is 3.84. The average molecular weight is 311 g/mol. The number of carbonyl (C=O) groups is 2. The Morgan fingerprint density at radius 1 is 1.17 bits per heavy atom. The van der Waals surface area contributed by atoms with E-state index in [2.05, 4.69) is 12.1 Å². The van der Waals surface area contributed by atoms with Gasteiger partial charge in [-0.25, -0.2) is 4.79 Å². The van der Waals surface area contributed by atoms with Crippen molar-refractivity contribution in [2.45, 2.75) is 12.8 Å². The molecule has 23 heavy (non-hydrogen) atoms. The largest absolute Gasteiger partial charge is 0.482 e. The number of carbonyl (C=O) groups excluding carboxylic acids is 1. The van der Waals surface area contributed by atoms with Gasteiger partial charge in [-0.15, -0.1) is 0 Å². The smallest absolute Gasteiger partial charge is 0.335 e. The zero-order valence-electron chi connectivity index (χ0n) is 12.6. The van der Waals surface area contributed by atoms with Crippen molar-refractivity contribution < 1.29 is 19.4 Å². The van der Waals surface area contributed by atoms with Gasteiger partial charge in [0.25, 0.3) is 5.91 Å². The van der Waals surface area contributed by atoms with Crippen molar-refractivity contribution in [1.82, 2.24) is 0 Å². The average Bonchev–Trinajstić information content (AvgIpc) is 2.57. The first-order valence-corrected chi connectivity index (χ1v) is 7.49. The van der Waals surface area contributed by atoms with Crippen LogP contribution >= 0.6 is 0 Å². The maximum atomic E-state index is 12.1. The molecule has 0 fully saturated rings. The molecule has 2 aromatic rings. The van der Waals surface area contributed by atoms with Crippen molar-refractivity contribution in [3.05, 3.63) is 59.7 Å². The number of carboxylic acids is 1. The van der Waals surface area contributed by atoms with Crippen molar-refractivity contribution in [1.29, 1.82) is 0 Å². The second kappa shape index (κ2) is 6.52. The van der Waals surface area contributed by atoms with Crippen molar-refractivity contribution in [2.75, 3.05) is 18.1 Å². The number of nitrogens with zero attached hydrogens (tertiary/aromatic N) is 1. The molecule has 0 saturated carbocycles. The van der Waals surface area contributed by atoms with Gasteiger partial charge in [-0.05, 0) is 36.6 Å². The molecule has 0 spiro atoms. The second-order valence-electron chi connectivity index (χ2n) is 5.41. The zero-order valence-corrected chi connectivity index (χ0v) is 12.6. The third kappa shape index (κ3) is 3.34. The zero-order chi connectivity index (χ0) is 16.2. The number of hydrogen-bond donors (Lipinski definition) is 1. The lowest BCUT2D eigenvalue weighted by Crippen LogP contribution is -2.39. The third-order valence-corrected chi connectivity index (χ3v) is 3.84. The Morgan fingerprint density at radius 3 is 2.70 bits per heavy atom. The topological polar surface area (TPSA) is 66.8 Å². The van der Waals surface area contributed by atoms with Crippen LogP contribution in [0, 0.1) is 0 Å². The number of benzene rings is 2. The molecule has 118 valence electrons. The predicted molar refractivity (Wildman–Crippen MR) is 86.0 cm³/mol. The lowest BCUT2D eigenvalue weighted by atomic mass is 10.1. The van der Waals surface area contributed by atoms with Crippen molar-refractivity contribution in [2.24, 2.45) is 0 Å². The molecule has 0 bridgehead atoms. The fourth-order valence-corrected chi connectivity index (χ4v) is 2.67. The predicted octanol–water partition coefficient (Wildman–Crippen LogP) is 2.74. The highest BCUT2D eigenvalue weighted by Crippen LogP contribution is 2.33. The van der Waals surface area contributed by atoms with E-state index >= 15 is 0 Å². The van der Waals surface area contributed by atoms with Crippen LogP contribution in [0.1, 0.15) is 22.3 Å². The number of fused-ring (bicyclic) bond motifs is 1. The Kier molecular flexibility index (Phi) is 4.28. The number of aromatic carboxylic acids is 1. The fourth-order valence-electron chi connectivity index (χ4n) is 2.67. The molecule has 5 nitrogen and oxygen atoms in total. The van der Waals surface area contributed by atoms with E-state index in [-0.39, 0.29) is 18.1 Å². The van der Waals surface area contributed by atoms with Crippen LogP contribution in [-0.4, -0.2) is 30.1 Å². The van der Waals surface area contributed by atoms with Crippen LogP contribution in [0.15, 0.2) is 48.5 Å². The summed E-state index contributed by atoms with van der Waals surface area (Å²) in [5, 5.41) is 9.12. The van der Waals surface area contributed by atoms with E-state index in [1.807, 2.05) is 18.2 Å². The van der Waals surface area contributed by atoms with Crippen LogP contribution in [0.2, 0.25) is 0 Å². The van der Waals surface area contributed by atoms with E-state index < -0.39 is 5.97 Å². The molecule has 0 unspecified atom stereocenters. The first-order valence-electron chi connectivity index (χ1n) is 7.49. The molecule has 0 saturated heterocycles. The quantitative estimate of drug-likeness (QED) is 0.922.